The molecule has 3 rings (SSSR count). The van der Waals surface area contributed by atoms with Crippen molar-refractivity contribution < 1.29 is 4.52 Å². The van der Waals surface area contributed by atoms with Gasteiger partial charge in [0.05, 0.1) is 0 Å². The van der Waals surface area contributed by atoms with Crippen molar-refractivity contribution in [2.75, 3.05) is 19.6 Å². The highest BCUT2D eigenvalue weighted by atomic mass is 16.5. The maximum absolute atomic E-state index is 4.80. The molecule has 1 aromatic heterocycles. The molecule has 0 amide bonds. The fourth-order valence-electron chi connectivity index (χ4n) is 3.29. The molecule has 1 aromatic rings. The number of nitrogens with one attached hydrogen (secondary N) is 1. The summed E-state index contributed by atoms with van der Waals surface area (Å²) in [6.07, 6.45) is 6.27. The molecule has 1 aliphatic heterocycles. The first-order valence-corrected chi connectivity index (χ1v) is 7.45. The average Bonchev–Trinajstić information content (AvgIpc) is 3.15. The molecule has 2 aliphatic rings. The quantitative estimate of drug-likeness (QED) is 0.872. The Kier molecular flexibility index (Phi) is 3.58. The first-order chi connectivity index (χ1) is 9.21. The van der Waals surface area contributed by atoms with Gasteiger partial charge in [-0.15, -0.1) is 0 Å². The Morgan fingerprint density at radius 3 is 3.00 bits per heavy atom. The van der Waals surface area contributed by atoms with Crippen LogP contribution in [0.5, 0.6) is 0 Å². The van der Waals surface area contributed by atoms with Crippen molar-refractivity contribution in [1.82, 2.24) is 20.4 Å². The molecule has 1 aliphatic carbocycles. The summed E-state index contributed by atoms with van der Waals surface area (Å²) in [6, 6.07) is 0.638. The van der Waals surface area contributed by atoms with Gasteiger partial charge in [0.25, 0.3) is 0 Å². The van der Waals surface area contributed by atoms with Crippen molar-refractivity contribution in [1.29, 1.82) is 0 Å². The van der Waals surface area contributed by atoms with Crippen LogP contribution in [-0.4, -0.2) is 46.3 Å². The van der Waals surface area contributed by atoms with Gasteiger partial charge in [0, 0.05) is 37.6 Å². The Bertz CT molecular complexity index is 404. The van der Waals surface area contributed by atoms with Crippen LogP contribution in [0.2, 0.25) is 0 Å². The number of rotatable bonds is 5. The van der Waals surface area contributed by atoms with Crippen LogP contribution in [0.4, 0.5) is 0 Å². The minimum atomic E-state index is 0.308. The second-order valence-electron chi connectivity index (χ2n) is 6.20. The maximum Gasteiger partial charge on any atom is 0.213 e. The summed E-state index contributed by atoms with van der Waals surface area (Å²) in [5, 5.41) is 7.70. The van der Waals surface area contributed by atoms with Crippen LogP contribution in [0.25, 0.3) is 0 Å². The molecule has 1 saturated heterocycles. The van der Waals surface area contributed by atoms with E-state index in [4.69, 9.17) is 4.52 Å². The van der Waals surface area contributed by atoms with Crippen LogP contribution < -0.4 is 5.32 Å². The monoisotopic (exact) mass is 264 g/mol. The lowest BCUT2D eigenvalue weighted by Gasteiger charge is -2.46. The lowest BCUT2D eigenvalue weighted by atomic mass is 9.90. The van der Waals surface area contributed by atoms with Crippen LogP contribution in [0.3, 0.4) is 0 Å². The molecule has 2 unspecified atom stereocenters. The van der Waals surface area contributed by atoms with Crippen LogP contribution in [0, 0.1) is 5.92 Å². The van der Waals surface area contributed by atoms with Crippen molar-refractivity contribution in [2.45, 2.75) is 51.1 Å². The summed E-state index contributed by atoms with van der Waals surface area (Å²) in [6.45, 7) is 7.94. The predicted octanol–water partition coefficient (Wildman–Crippen LogP) is 1.46. The first-order valence-electron chi connectivity index (χ1n) is 7.45. The van der Waals surface area contributed by atoms with E-state index in [0.29, 0.717) is 11.6 Å². The van der Waals surface area contributed by atoms with Gasteiger partial charge in [-0.05, 0) is 32.1 Å². The van der Waals surface area contributed by atoms with Gasteiger partial charge >= 0.3 is 0 Å². The van der Waals surface area contributed by atoms with E-state index in [9.17, 15) is 0 Å². The van der Waals surface area contributed by atoms with Crippen molar-refractivity contribution in [2.24, 2.45) is 5.92 Å². The molecule has 19 heavy (non-hydrogen) atoms. The SMILES string of the molecule is CCC1CNC(C)(C2CC2)CN1CCc1ncon1. The van der Waals surface area contributed by atoms with Crippen molar-refractivity contribution >= 4 is 0 Å². The normalized spacial score (nSPS) is 32.6. The van der Waals surface area contributed by atoms with Crippen LogP contribution in [-0.2, 0) is 6.42 Å². The second-order valence-corrected chi connectivity index (χ2v) is 6.20. The Morgan fingerprint density at radius 2 is 2.37 bits per heavy atom. The average molecular weight is 264 g/mol. The standard InChI is InChI=1S/C14H24N4O/c1-3-12-8-16-14(2,11-4-5-11)9-18(12)7-6-13-15-10-19-17-13/h10-12,16H,3-9H2,1-2H3. The molecule has 1 saturated carbocycles. The molecule has 0 spiro atoms. The molecule has 2 atom stereocenters. The number of piperazine rings is 1. The van der Waals surface area contributed by atoms with E-state index in [2.05, 4.69) is 34.2 Å². The minimum Gasteiger partial charge on any atom is -0.343 e. The van der Waals surface area contributed by atoms with E-state index >= 15 is 0 Å². The zero-order chi connectivity index (χ0) is 13.3. The molecule has 106 valence electrons. The highest BCUT2D eigenvalue weighted by Gasteiger charge is 2.45. The summed E-state index contributed by atoms with van der Waals surface area (Å²) < 4.78 is 4.80. The summed E-state index contributed by atoms with van der Waals surface area (Å²) in [5.41, 5.74) is 0.308. The van der Waals surface area contributed by atoms with Crippen LogP contribution in [0.15, 0.2) is 10.9 Å². The molecule has 0 bridgehead atoms. The summed E-state index contributed by atoms with van der Waals surface area (Å²) in [7, 11) is 0. The zero-order valence-electron chi connectivity index (χ0n) is 11.9. The van der Waals surface area contributed by atoms with Gasteiger partial charge in [-0.2, -0.15) is 4.98 Å². The highest BCUT2D eigenvalue weighted by molar-refractivity contribution is 5.04. The summed E-state index contributed by atoms with van der Waals surface area (Å²) >= 11 is 0. The predicted molar refractivity (Wildman–Crippen MR) is 72.8 cm³/mol. The minimum absolute atomic E-state index is 0.308. The molecular weight excluding hydrogens is 240 g/mol. The Hall–Kier alpha value is -0.940. The van der Waals surface area contributed by atoms with Crippen LogP contribution in [0.1, 0.15) is 38.9 Å². The Labute approximate surface area is 114 Å². The number of aromatic nitrogens is 2. The fourth-order valence-corrected chi connectivity index (χ4v) is 3.29. The van der Waals surface area contributed by atoms with Gasteiger partial charge in [-0.3, -0.25) is 4.90 Å². The van der Waals surface area contributed by atoms with Crippen molar-refractivity contribution in [3.05, 3.63) is 12.2 Å². The molecule has 0 aromatic carbocycles. The smallest absolute Gasteiger partial charge is 0.213 e. The third-order valence-corrected chi connectivity index (χ3v) is 4.77. The maximum atomic E-state index is 4.80. The van der Waals surface area contributed by atoms with Crippen molar-refractivity contribution in [3.63, 3.8) is 0 Å². The summed E-state index contributed by atoms with van der Waals surface area (Å²) in [4.78, 5) is 6.73. The topological polar surface area (TPSA) is 54.2 Å². The van der Waals surface area contributed by atoms with E-state index in [0.717, 1.165) is 37.8 Å². The molecule has 2 fully saturated rings. The van der Waals surface area contributed by atoms with Gasteiger partial charge in [0.15, 0.2) is 5.82 Å². The van der Waals surface area contributed by atoms with E-state index in [1.54, 1.807) is 0 Å². The summed E-state index contributed by atoms with van der Waals surface area (Å²) in [5.74, 6) is 1.69. The molecule has 0 radical (unpaired) electrons. The van der Waals surface area contributed by atoms with Gasteiger partial charge in [0.1, 0.15) is 0 Å². The lowest BCUT2D eigenvalue weighted by molar-refractivity contribution is 0.0734. The highest BCUT2D eigenvalue weighted by Crippen LogP contribution is 2.41. The van der Waals surface area contributed by atoms with Gasteiger partial charge in [0.2, 0.25) is 6.39 Å². The zero-order valence-corrected chi connectivity index (χ0v) is 11.9. The Morgan fingerprint density at radius 1 is 1.53 bits per heavy atom. The van der Waals surface area contributed by atoms with E-state index in [1.807, 2.05) is 0 Å². The third kappa shape index (κ3) is 2.82. The third-order valence-electron chi connectivity index (χ3n) is 4.77. The largest absolute Gasteiger partial charge is 0.343 e. The molecule has 1 N–H and O–H groups in total. The van der Waals surface area contributed by atoms with Crippen molar-refractivity contribution in [3.8, 4) is 0 Å². The first kappa shape index (κ1) is 13.1. The lowest BCUT2D eigenvalue weighted by Crippen LogP contribution is -2.64. The van der Waals surface area contributed by atoms with Gasteiger partial charge < -0.3 is 9.84 Å². The second kappa shape index (κ2) is 5.21. The Balaban J connectivity index is 1.61. The molecule has 5 heteroatoms. The number of hydrogen-bond acceptors (Lipinski definition) is 5. The van der Waals surface area contributed by atoms with E-state index < -0.39 is 0 Å². The van der Waals surface area contributed by atoms with Crippen LogP contribution >= 0.6 is 0 Å². The fraction of sp³-hybridized carbons (Fsp3) is 0.857. The van der Waals surface area contributed by atoms with E-state index in [1.165, 1.54) is 25.7 Å². The van der Waals surface area contributed by atoms with Gasteiger partial charge in [-0.1, -0.05) is 12.1 Å². The van der Waals surface area contributed by atoms with E-state index in [-0.39, 0.29) is 0 Å². The molecule has 5 nitrogen and oxygen atoms in total. The van der Waals surface area contributed by atoms with Gasteiger partial charge in [-0.25, -0.2) is 0 Å². The number of nitrogens with zero attached hydrogens (tertiary/aromatic N) is 3. The molecular formula is C14H24N4O. The number of hydrogen-bond donors (Lipinski definition) is 1. The molecule has 2 heterocycles.